The number of aromatic amines is 1. The van der Waals surface area contributed by atoms with Gasteiger partial charge in [0.1, 0.15) is 5.75 Å². The predicted molar refractivity (Wildman–Crippen MR) is 85.2 cm³/mol. The Labute approximate surface area is 128 Å². The SMILES string of the molecule is Cn1nccc1-c1ccc2c(c1)/C(=C/c1c[nH]cn1)CCO2. The van der Waals surface area contributed by atoms with Crippen LogP contribution in [-0.2, 0) is 7.05 Å². The van der Waals surface area contributed by atoms with Crippen LogP contribution < -0.4 is 4.74 Å². The van der Waals surface area contributed by atoms with Crippen molar-refractivity contribution in [1.29, 1.82) is 0 Å². The van der Waals surface area contributed by atoms with Crippen molar-refractivity contribution in [3.63, 3.8) is 0 Å². The normalized spacial score (nSPS) is 15.6. The Morgan fingerprint density at radius 1 is 1.32 bits per heavy atom. The molecule has 1 aliphatic rings. The average Bonchev–Trinajstić information content (AvgIpc) is 3.19. The van der Waals surface area contributed by atoms with Gasteiger partial charge in [0.15, 0.2) is 0 Å². The molecule has 3 heterocycles. The zero-order valence-electron chi connectivity index (χ0n) is 12.3. The number of H-pyrrole nitrogens is 1. The number of ether oxygens (including phenoxy) is 1. The lowest BCUT2D eigenvalue weighted by Gasteiger charge is -2.21. The predicted octanol–water partition coefficient (Wildman–Crippen LogP) is 3.13. The van der Waals surface area contributed by atoms with Crippen molar-refractivity contribution in [2.45, 2.75) is 6.42 Å². The highest BCUT2D eigenvalue weighted by molar-refractivity contribution is 5.85. The van der Waals surface area contributed by atoms with Crippen LogP contribution in [0.3, 0.4) is 0 Å². The van der Waals surface area contributed by atoms with E-state index in [0.29, 0.717) is 6.61 Å². The van der Waals surface area contributed by atoms with E-state index in [1.807, 2.05) is 36.3 Å². The van der Waals surface area contributed by atoms with Crippen LogP contribution in [0.1, 0.15) is 17.7 Å². The van der Waals surface area contributed by atoms with Crippen LogP contribution in [0.15, 0.2) is 43.0 Å². The van der Waals surface area contributed by atoms with Crippen LogP contribution in [0.4, 0.5) is 0 Å². The average molecular weight is 292 g/mol. The topological polar surface area (TPSA) is 55.7 Å². The van der Waals surface area contributed by atoms with Crippen LogP contribution in [0.5, 0.6) is 5.75 Å². The summed E-state index contributed by atoms with van der Waals surface area (Å²) in [5, 5.41) is 4.24. The molecule has 5 heteroatoms. The first-order valence-electron chi connectivity index (χ1n) is 7.26. The maximum atomic E-state index is 5.78. The molecule has 5 nitrogen and oxygen atoms in total. The zero-order valence-corrected chi connectivity index (χ0v) is 12.3. The summed E-state index contributed by atoms with van der Waals surface area (Å²) < 4.78 is 7.66. The molecule has 0 bridgehead atoms. The zero-order chi connectivity index (χ0) is 14.9. The van der Waals surface area contributed by atoms with E-state index in [0.717, 1.165) is 34.7 Å². The van der Waals surface area contributed by atoms with Crippen molar-refractivity contribution in [2.24, 2.45) is 7.05 Å². The summed E-state index contributed by atoms with van der Waals surface area (Å²) in [7, 11) is 1.95. The Balaban J connectivity index is 1.81. The Bertz CT molecular complexity index is 830. The third kappa shape index (κ3) is 2.20. The maximum absolute atomic E-state index is 5.78. The third-order valence-corrected chi connectivity index (χ3v) is 3.91. The van der Waals surface area contributed by atoms with Gasteiger partial charge in [0.25, 0.3) is 0 Å². The quantitative estimate of drug-likeness (QED) is 0.789. The second-order valence-electron chi connectivity index (χ2n) is 5.31. The minimum atomic E-state index is 0.703. The number of aromatic nitrogens is 4. The van der Waals surface area contributed by atoms with Gasteiger partial charge in [0, 0.05) is 37.0 Å². The van der Waals surface area contributed by atoms with Gasteiger partial charge in [0.05, 0.1) is 24.3 Å². The van der Waals surface area contributed by atoms with E-state index in [1.54, 1.807) is 6.33 Å². The van der Waals surface area contributed by atoms with E-state index in [-0.39, 0.29) is 0 Å². The van der Waals surface area contributed by atoms with Crippen LogP contribution >= 0.6 is 0 Å². The molecule has 0 fully saturated rings. The van der Waals surface area contributed by atoms with Gasteiger partial charge in [-0.3, -0.25) is 4.68 Å². The van der Waals surface area contributed by atoms with Gasteiger partial charge >= 0.3 is 0 Å². The molecule has 0 saturated heterocycles. The number of imidazole rings is 1. The summed E-state index contributed by atoms with van der Waals surface area (Å²) in [6.07, 6.45) is 8.40. The smallest absolute Gasteiger partial charge is 0.126 e. The molecule has 22 heavy (non-hydrogen) atoms. The van der Waals surface area contributed by atoms with E-state index in [9.17, 15) is 0 Å². The third-order valence-electron chi connectivity index (χ3n) is 3.91. The van der Waals surface area contributed by atoms with Crippen molar-refractivity contribution >= 4 is 11.6 Å². The molecule has 0 aliphatic carbocycles. The molecule has 4 rings (SSSR count). The van der Waals surface area contributed by atoms with Gasteiger partial charge in [-0.1, -0.05) is 0 Å². The first-order valence-corrected chi connectivity index (χ1v) is 7.26. The number of rotatable bonds is 2. The lowest BCUT2D eigenvalue weighted by atomic mass is 9.96. The van der Waals surface area contributed by atoms with Crippen molar-refractivity contribution in [2.75, 3.05) is 6.61 Å². The van der Waals surface area contributed by atoms with Gasteiger partial charge in [-0.2, -0.15) is 5.10 Å². The fraction of sp³-hybridized carbons (Fsp3) is 0.176. The molecule has 0 amide bonds. The molecule has 2 aromatic heterocycles. The first-order chi connectivity index (χ1) is 10.8. The highest BCUT2D eigenvalue weighted by atomic mass is 16.5. The van der Waals surface area contributed by atoms with E-state index < -0.39 is 0 Å². The summed E-state index contributed by atoms with van der Waals surface area (Å²) in [5.41, 5.74) is 5.55. The molecule has 0 saturated carbocycles. The van der Waals surface area contributed by atoms with E-state index >= 15 is 0 Å². The van der Waals surface area contributed by atoms with E-state index in [1.165, 1.54) is 5.57 Å². The number of hydrogen-bond acceptors (Lipinski definition) is 3. The fourth-order valence-electron chi connectivity index (χ4n) is 2.81. The molecule has 1 aliphatic heterocycles. The highest BCUT2D eigenvalue weighted by Gasteiger charge is 2.17. The van der Waals surface area contributed by atoms with Crippen molar-refractivity contribution in [3.8, 4) is 17.0 Å². The summed E-state index contributed by atoms with van der Waals surface area (Å²) in [6, 6.07) is 8.30. The second-order valence-corrected chi connectivity index (χ2v) is 5.31. The number of aryl methyl sites for hydroxylation is 1. The molecule has 110 valence electrons. The summed E-state index contributed by atoms with van der Waals surface area (Å²) in [4.78, 5) is 7.27. The Hall–Kier alpha value is -2.82. The molecule has 1 N–H and O–H groups in total. The van der Waals surface area contributed by atoms with Gasteiger partial charge in [-0.25, -0.2) is 4.98 Å². The van der Waals surface area contributed by atoms with Gasteiger partial charge in [-0.05, 0) is 35.9 Å². The molecule has 1 aromatic carbocycles. The van der Waals surface area contributed by atoms with E-state index in [4.69, 9.17) is 4.74 Å². The van der Waals surface area contributed by atoms with E-state index in [2.05, 4.69) is 33.3 Å². The second kappa shape index (κ2) is 5.18. The van der Waals surface area contributed by atoms with Crippen LogP contribution in [0.25, 0.3) is 22.9 Å². The summed E-state index contributed by atoms with van der Waals surface area (Å²) in [6.45, 7) is 0.703. The molecular formula is C17H16N4O. The van der Waals surface area contributed by atoms with Crippen LogP contribution in [0.2, 0.25) is 0 Å². The minimum absolute atomic E-state index is 0.703. The van der Waals surface area contributed by atoms with Crippen molar-refractivity contribution in [1.82, 2.24) is 19.7 Å². The Kier molecular flexibility index (Phi) is 3.04. The maximum Gasteiger partial charge on any atom is 0.126 e. The van der Waals surface area contributed by atoms with Gasteiger partial charge in [-0.15, -0.1) is 0 Å². The number of nitrogens with zero attached hydrogens (tertiary/aromatic N) is 3. The summed E-state index contributed by atoms with van der Waals surface area (Å²) in [5.74, 6) is 0.930. The first kappa shape index (κ1) is 12.9. The van der Waals surface area contributed by atoms with Gasteiger partial charge in [0.2, 0.25) is 0 Å². The number of hydrogen-bond donors (Lipinski definition) is 1. The lowest BCUT2D eigenvalue weighted by Crippen LogP contribution is -2.08. The minimum Gasteiger partial charge on any atom is -0.493 e. The molecule has 3 aromatic rings. The molecule has 0 radical (unpaired) electrons. The molecule has 0 unspecified atom stereocenters. The Morgan fingerprint density at radius 3 is 3.05 bits per heavy atom. The monoisotopic (exact) mass is 292 g/mol. The van der Waals surface area contributed by atoms with Crippen LogP contribution in [0, 0.1) is 0 Å². The number of nitrogens with one attached hydrogen (secondary N) is 1. The highest BCUT2D eigenvalue weighted by Crippen LogP contribution is 2.36. The standard InChI is InChI=1S/C17H16N4O/c1-21-16(4-6-20-21)13-2-3-17-15(9-13)12(5-7-22-17)8-14-10-18-11-19-14/h2-4,6,8-11H,5,7H2,1H3,(H,18,19)/b12-8+. The summed E-state index contributed by atoms with van der Waals surface area (Å²) >= 11 is 0. The number of fused-ring (bicyclic) bond motifs is 1. The van der Waals surface area contributed by atoms with Gasteiger partial charge < -0.3 is 9.72 Å². The lowest BCUT2D eigenvalue weighted by molar-refractivity contribution is 0.317. The number of benzene rings is 1. The van der Waals surface area contributed by atoms with Crippen molar-refractivity contribution < 1.29 is 4.74 Å². The molecule has 0 spiro atoms. The molecule has 0 atom stereocenters. The molecular weight excluding hydrogens is 276 g/mol. The largest absolute Gasteiger partial charge is 0.493 e. The van der Waals surface area contributed by atoms with Crippen LogP contribution in [-0.4, -0.2) is 26.4 Å². The van der Waals surface area contributed by atoms with Crippen molar-refractivity contribution in [3.05, 3.63) is 54.2 Å². The Morgan fingerprint density at radius 2 is 2.27 bits per heavy atom. The fourth-order valence-corrected chi connectivity index (χ4v) is 2.81.